The maximum Gasteiger partial charge on any atom is 0.338 e. The monoisotopic (exact) mass is 221 g/mol. The van der Waals surface area contributed by atoms with Crippen molar-refractivity contribution >= 4 is 5.97 Å². The Morgan fingerprint density at radius 1 is 1.25 bits per heavy atom. The van der Waals surface area contributed by atoms with Gasteiger partial charge >= 0.3 is 5.97 Å². The molecule has 2 N–H and O–H groups in total. The fraction of sp³-hybridized carbons (Fsp3) is 0.462. The van der Waals surface area contributed by atoms with Crippen molar-refractivity contribution in [3.8, 4) is 0 Å². The summed E-state index contributed by atoms with van der Waals surface area (Å²) in [4.78, 5) is 11.6. The zero-order chi connectivity index (χ0) is 12.5. The Balaban J connectivity index is 3.39. The van der Waals surface area contributed by atoms with Crippen LogP contribution in [-0.4, -0.2) is 13.1 Å². The summed E-state index contributed by atoms with van der Waals surface area (Å²) < 4.78 is 4.74. The lowest BCUT2D eigenvalue weighted by atomic mass is 9.88. The normalized spacial score (nSPS) is 11.4. The molecule has 3 heteroatoms. The van der Waals surface area contributed by atoms with Crippen molar-refractivity contribution in [1.82, 2.24) is 0 Å². The number of carbonyl (C=O) groups excluding carboxylic acids is 1. The highest BCUT2D eigenvalue weighted by Crippen LogP contribution is 2.25. The predicted molar refractivity (Wildman–Crippen MR) is 64.5 cm³/mol. The van der Waals surface area contributed by atoms with Crippen molar-refractivity contribution in [3.05, 3.63) is 34.4 Å². The predicted octanol–water partition coefficient (Wildman–Crippen LogP) is 2.28. The van der Waals surface area contributed by atoms with Gasteiger partial charge in [0.15, 0.2) is 0 Å². The minimum absolute atomic E-state index is 0.317. The first kappa shape index (κ1) is 12.7. The molecule has 0 aromatic heterocycles. The number of hydrogen-bond donors (Lipinski definition) is 1. The lowest BCUT2D eigenvalue weighted by Crippen LogP contribution is -2.30. The molecular weight excluding hydrogens is 202 g/mol. The van der Waals surface area contributed by atoms with Gasteiger partial charge in [0.05, 0.1) is 12.7 Å². The van der Waals surface area contributed by atoms with E-state index in [1.54, 1.807) is 0 Å². The smallest absolute Gasteiger partial charge is 0.338 e. The second-order valence-electron chi connectivity index (χ2n) is 4.70. The SMILES string of the molecule is COC(=O)c1cc(C(C)(C)N)c(C)cc1C. The second-order valence-corrected chi connectivity index (χ2v) is 4.70. The van der Waals surface area contributed by atoms with Crippen LogP contribution in [0.5, 0.6) is 0 Å². The average Bonchev–Trinajstić information content (AvgIpc) is 2.14. The zero-order valence-corrected chi connectivity index (χ0v) is 10.5. The Kier molecular flexibility index (Phi) is 3.38. The van der Waals surface area contributed by atoms with Crippen molar-refractivity contribution in [3.63, 3.8) is 0 Å². The number of carbonyl (C=O) groups is 1. The van der Waals surface area contributed by atoms with Crippen LogP contribution < -0.4 is 5.73 Å². The van der Waals surface area contributed by atoms with Crippen LogP contribution in [0.1, 0.15) is 40.9 Å². The summed E-state index contributed by atoms with van der Waals surface area (Å²) in [5.74, 6) is -0.317. The van der Waals surface area contributed by atoms with Gasteiger partial charge in [-0.15, -0.1) is 0 Å². The molecule has 0 fully saturated rings. The number of methoxy groups -OCH3 is 1. The number of esters is 1. The van der Waals surface area contributed by atoms with Gasteiger partial charge in [0.1, 0.15) is 0 Å². The van der Waals surface area contributed by atoms with E-state index in [0.29, 0.717) is 5.56 Å². The Morgan fingerprint density at radius 3 is 2.25 bits per heavy atom. The number of hydrogen-bond acceptors (Lipinski definition) is 3. The van der Waals surface area contributed by atoms with Gasteiger partial charge < -0.3 is 10.5 Å². The van der Waals surface area contributed by atoms with E-state index in [1.807, 2.05) is 39.8 Å². The third-order valence-electron chi connectivity index (χ3n) is 2.67. The first-order chi connectivity index (χ1) is 7.27. The summed E-state index contributed by atoms with van der Waals surface area (Å²) in [6.07, 6.45) is 0. The molecule has 0 heterocycles. The van der Waals surface area contributed by atoms with E-state index >= 15 is 0 Å². The van der Waals surface area contributed by atoms with Crippen molar-refractivity contribution < 1.29 is 9.53 Å². The Hall–Kier alpha value is -1.35. The van der Waals surface area contributed by atoms with E-state index in [2.05, 4.69) is 0 Å². The average molecular weight is 221 g/mol. The third-order valence-corrected chi connectivity index (χ3v) is 2.67. The van der Waals surface area contributed by atoms with Crippen LogP contribution in [0.25, 0.3) is 0 Å². The number of benzene rings is 1. The molecule has 0 saturated heterocycles. The van der Waals surface area contributed by atoms with Crippen LogP contribution in [0.4, 0.5) is 0 Å². The second kappa shape index (κ2) is 4.26. The van der Waals surface area contributed by atoms with Crippen molar-refractivity contribution in [2.24, 2.45) is 5.73 Å². The molecule has 0 unspecified atom stereocenters. The van der Waals surface area contributed by atoms with Crippen LogP contribution in [0.2, 0.25) is 0 Å². The van der Waals surface area contributed by atoms with Crippen molar-refractivity contribution in [2.75, 3.05) is 7.11 Å². The van der Waals surface area contributed by atoms with Gasteiger partial charge in [-0.05, 0) is 50.5 Å². The highest BCUT2D eigenvalue weighted by atomic mass is 16.5. The number of aryl methyl sites for hydroxylation is 2. The largest absolute Gasteiger partial charge is 0.465 e. The van der Waals surface area contributed by atoms with E-state index in [9.17, 15) is 4.79 Å². The molecule has 3 nitrogen and oxygen atoms in total. The fourth-order valence-electron chi connectivity index (χ4n) is 1.88. The molecule has 88 valence electrons. The van der Waals surface area contributed by atoms with E-state index < -0.39 is 5.54 Å². The molecule has 0 aliphatic heterocycles. The number of ether oxygens (including phenoxy) is 1. The van der Waals surface area contributed by atoms with Gasteiger partial charge in [-0.3, -0.25) is 0 Å². The van der Waals surface area contributed by atoms with Gasteiger partial charge in [-0.25, -0.2) is 4.79 Å². The first-order valence-corrected chi connectivity index (χ1v) is 5.26. The van der Waals surface area contributed by atoms with E-state index in [4.69, 9.17) is 10.5 Å². The van der Waals surface area contributed by atoms with Gasteiger partial charge in [-0.2, -0.15) is 0 Å². The van der Waals surface area contributed by atoms with Gasteiger partial charge in [0, 0.05) is 5.54 Å². The van der Waals surface area contributed by atoms with Crippen LogP contribution >= 0.6 is 0 Å². The molecule has 0 bridgehead atoms. The summed E-state index contributed by atoms with van der Waals surface area (Å²) >= 11 is 0. The van der Waals surface area contributed by atoms with Gasteiger partial charge in [0.25, 0.3) is 0 Å². The standard InChI is InChI=1S/C13H19NO2/c1-8-6-9(2)11(13(3,4)14)7-10(8)12(15)16-5/h6-7H,14H2,1-5H3. The molecule has 0 aliphatic carbocycles. The number of rotatable bonds is 2. The van der Waals surface area contributed by atoms with Crippen molar-refractivity contribution in [2.45, 2.75) is 33.2 Å². The highest BCUT2D eigenvalue weighted by Gasteiger charge is 2.20. The first-order valence-electron chi connectivity index (χ1n) is 5.26. The molecular formula is C13H19NO2. The summed E-state index contributed by atoms with van der Waals surface area (Å²) in [5, 5.41) is 0. The van der Waals surface area contributed by atoms with Crippen LogP contribution in [0, 0.1) is 13.8 Å². The Bertz CT molecular complexity index is 417. The van der Waals surface area contributed by atoms with E-state index in [-0.39, 0.29) is 5.97 Å². The Morgan fingerprint density at radius 2 is 1.81 bits per heavy atom. The maximum atomic E-state index is 11.6. The summed E-state index contributed by atoms with van der Waals surface area (Å²) in [6.45, 7) is 7.74. The molecule has 16 heavy (non-hydrogen) atoms. The fourth-order valence-corrected chi connectivity index (χ4v) is 1.88. The van der Waals surface area contributed by atoms with Crippen LogP contribution in [0.15, 0.2) is 12.1 Å². The molecule has 0 aliphatic rings. The summed E-state index contributed by atoms with van der Waals surface area (Å²) in [7, 11) is 1.38. The van der Waals surface area contributed by atoms with Crippen molar-refractivity contribution in [1.29, 1.82) is 0 Å². The lowest BCUT2D eigenvalue weighted by Gasteiger charge is -2.23. The third kappa shape index (κ3) is 2.42. The molecule has 1 aromatic rings. The molecule has 0 atom stereocenters. The lowest BCUT2D eigenvalue weighted by molar-refractivity contribution is 0.0599. The van der Waals surface area contributed by atoms with E-state index in [0.717, 1.165) is 16.7 Å². The molecule has 1 rings (SSSR count). The molecule has 0 spiro atoms. The summed E-state index contributed by atoms with van der Waals surface area (Å²) in [6, 6.07) is 3.80. The summed E-state index contributed by atoms with van der Waals surface area (Å²) in [5.41, 5.74) is 9.17. The molecule has 0 radical (unpaired) electrons. The molecule has 0 saturated carbocycles. The maximum absolute atomic E-state index is 11.6. The molecule has 1 aromatic carbocycles. The minimum Gasteiger partial charge on any atom is -0.465 e. The Labute approximate surface area is 96.6 Å². The zero-order valence-electron chi connectivity index (χ0n) is 10.5. The van der Waals surface area contributed by atoms with Crippen LogP contribution in [-0.2, 0) is 10.3 Å². The van der Waals surface area contributed by atoms with Crippen LogP contribution in [0.3, 0.4) is 0 Å². The molecule has 0 amide bonds. The highest BCUT2D eigenvalue weighted by molar-refractivity contribution is 5.91. The van der Waals surface area contributed by atoms with Gasteiger partial charge in [-0.1, -0.05) is 6.07 Å². The van der Waals surface area contributed by atoms with E-state index in [1.165, 1.54) is 7.11 Å². The minimum atomic E-state index is -0.458. The number of nitrogens with two attached hydrogens (primary N) is 1. The topological polar surface area (TPSA) is 52.3 Å². The van der Waals surface area contributed by atoms with Gasteiger partial charge in [0.2, 0.25) is 0 Å². The quantitative estimate of drug-likeness (QED) is 0.779.